The number of para-hydroxylation sites is 1. The summed E-state index contributed by atoms with van der Waals surface area (Å²) in [7, 11) is -4.83. The van der Waals surface area contributed by atoms with E-state index in [1.165, 1.54) is 15.0 Å². The van der Waals surface area contributed by atoms with Gasteiger partial charge in [0.05, 0.1) is 20.6 Å². The van der Waals surface area contributed by atoms with E-state index >= 15 is 0 Å². The minimum absolute atomic E-state index is 0.131. The Morgan fingerprint density at radius 3 is 2.29 bits per heavy atom. The number of hydrogen-bond donors (Lipinski definition) is 2. The van der Waals surface area contributed by atoms with Crippen molar-refractivity contribution in [1.29, 1.82) is 0 Å². The Balaban J connectivity index is 0.000000249. The Kier molecular flexibility index (Phi) is 5.26. The molecule has 0 amide bonds. The first kappa shape index (κ1) is 14.8. The second-order valence-electron chi connectivity index (χ2n) is 3.04. The van der Waals surface area contributed by atoms with E-state index in [0.717, 1.165) is 0 Å². The maximum atomic E-state index is 8.60. The molecule has 0 saturated carbocycles. The van der Waals surface area contributed by atoms with Crippen LogP contribution >= 0.6 is 22.7 Å². The molecule has 0 aromatic heterocycles. The lowest BCUT2D eigenvalue weighted by Crippen LogP contribution is -2.58. The first-order valence-electron chi connectivity index (χ1n) is 4.41. The SMILES string of the molecule is CSC1=Nc2ccccc2[SH]1C.[O-][Cl+3]([O-])([O-])O. The Bertz CT molecular complexity index is 416. The van der Waals surface area contributed by atoms with Gasteiger partial charge in [0.1, 0.15) is 4.38 Å². The molecule has 1 aromatic rings. The van der Waals surface area contributed by atoms with Crippen LogP contribution in [0.5, 0.6) is 0 Å². The zero-order chi connectivity index (χ0) is 13.1. The normalized spacial score (nSPS) is 20.1. The molecule has 0 aliphatic carbocycles. The summed E-state index contributed by atoms with van der Waals surface area (Å²) in [5.41, 5.74) is 1.18. The predicted molar refractivity (Wildman–Crippen MR) is 62.4 cm³/mol. The zero-order valence-electron chi connectivity index (χ0n) is 9.16. The van der Waals surface area contributed by atoms with E-state index in [0.29, 0.717) is 0 Å². The summed E-state index contributed by atoms with van der Waals surface area (Å²) in [6.07, 6.45) is 4.38. The number of halogens is 1. The molecule has 1 atom stereocenters. The van der Waals surface area contributed by atoms with Crippen LogP contribution in [0.4, 0.5) is 5.69 Å². The molecule has 8 heteroatoms. The quantitative estimate of drug-likeness (QED) is 0.468. The monoisotopic (exact) mass is 297 g/mol. The molecule has 17 heavy (non-hydrogen) atoms. The van der Waals surface area contributed by atoms with Crippen molar-refractivity contribution in [3.63, 3.8) is 0 Å². The molecule has 2 rings (SSSR count). The molecule has 1 aliphatic heterocycles. The molecule has 0 fully saturated rings. The number of thioether (sulfide) groups is 1. The molecule has 0 radical (unpaired) electrons. The van der Waals surface area contributed by atoms with Gasteiger partial charge >= 0.3 is 0 Å². The summed E-state index contributed by atoms with van der Waals surface area (Å²) in [6, 6.07) is 8.43. The van der Waals surface area contributed by atoms with Crippen LogP contribution in [0.3, 0.4) is 0 Å². The number of nitrogens with zero attached hydrogens (tertiary/aromatic N) is 1. The fraction of sp³-hybridized carbons (Fsp3) is 0.222. The summed E-state index contributed by atoms with van der Waals surface area (Å²) in [5.74, 6) is 0. The van der Waals surface area contributed by atoms with Crippen molar-refractivity contribution in [3.8, 4) is 0 Å². The van der Waals surface area contributed by atoms with Crippen LogP contribution in [0, 0.1) is 10.2 Å². The van der Waals surface area contributed by atoms with Gasteiger partial charge in [-0.2, -0.15) is 24.9 Å². The lowest BCUT2D eigenvalue weighted by molar-refractivity contribution is -1.92. The van der Waals surface area contributed by atoms with E-state index in [9.17, 15) is 0 Å². The average molecular weight is 298 g/mol. The summed E-state index contributed by atoms with van der Waals surface area (Å²) >= 11 is 1.78. The Morgan fingerprint density at radius 1 is 1.29 bits per heavy atom. The molecule has 1 aromatic carbocycles. The van der Waals surface area contributed by atoms with Crippen LogP contribution < -0.4 is 14.0 Å². The molecule has 1 aliphatic rings. The topological polar surface area (TPSA) is 102 Å². The fourth-order valence-corrected chi connectivity index (χ4v) is 4.13. The molecule has 0 bridgehead atoms. The van der Waals surface area contributed by atoms with E-state index in [-0.39, 0.29) is 10.9 Å². The first-order chi connectivity index (χ1) is 7.83. The highest BCUT2D eigenvalue weighted by atomic mass is 35.7. The number of thiol groups is 1. The van der Waals surface area contributed by atoms with Gasteiger partial charge in [-0.15, -0.1) is 11.8 Å². The van der Waals surface area contributed by atoms with Crippen molar-refractivity contribution < 1.29 is 28.9 Å². The van der Waals surface area contributed by atoms with Gasteiger partial charge in [-0.05, 0) is 24.6 Å². The van der Waals surface area contributed by atoms with E-state index in [1.807, 2.05) is 0 Å². The van der Waals surface area contributed by atoms with E-state index < -0.39 is 10.2 Å². The number of benzene rings is 1. The predicted octanol–water partition coefficient (Wildman–Crippen LogP) is -1.08. The molecule has 1 unspecified atom stereocenters. The van der Waals surface area contributed by atoms with Gasteiger partial charge in [-0.3, -0.25) is 0 Å². The second-order valence-corrected chi connectivity index (χ2v) is 6.96. The Hall–Kier alpha value is -0.280. The van der Waals surface area contributed by atoms with Crippen molar-refractivity contribution in [3.05, 3.63) is 24.3 Å². The van der Waals surface area contributed by atoms with Crippen molar-refractivity contribution in [1.82, 2.24) is 0 Å². The Morgan fingerprint density at radius 2 is 1.82 bits per heavy atom. The van der Waals surface area contributed by atoms with E-state index in [1.54, 1.807) is 11.8 Å². The largest absolute Gasteiger partial charge is 0.235 e. The van der Waals surface area contributed by atoms with Crippen LogP contribution in [0.1, 0.15) is 0 Å². The molecule has 1 heterocycles. The van der Waals surface area contributed by atoms with Gasteiger partial charge in [-0.25, -0.2) is 4.99 Å². The van der Waals surface area contributed by atoms with Crippen LogP contribution in [-0.2, 0) is 0 Å². The van der Waals surface area contributed by atoms with Crippen LogP contribution in [0.15, 0.2) is 34.2 Å². The van der Waals surface area contributed by atoms with Gasteiger partial charge in [0.25, 0.3) is 0 Å². The van der Waals surface area contributed by atoms with Crippen molar-refractivity contribution in [2.45, 2.75) is 4.90 Å². The number of fused-ring (bicyclic) bond motifs is 1. The second kappa shape index (κ2) is 6.05. The van der Waals surface area contributed by atoms with Gasteiger partial charge < -0.3 is 0 Å². The molecule has 1 N–H and O–H groups in total. The molecule has 0 saturated heterocycles. The van der Waals surface area contributed by atoms with Crippen molar-refractivity contribution >= 4 is 32.7 Å². The highest BCUT2D eigenvalue weighted by Gasteiger charge is 2.18. The Labute approximate surface area is 108 Å². The van der Waals surface area contributed by atoms with E-state index in [2.05, 4.69) is 41.8 Å². The van der Waals surface area contributed by atoms with Gasteiger partial charge in [0.2, 0.25) is 0 Å². The first-order valence-corrected chi connectivity index (χ1v) is 8.69. The average Bonchev–Trinajstić information content (AvgIpc) is 2.54. The lowest BCUT2D eigenvalue weighted by atomic mass is 10.3. The lowest BCUT2D eigenvalue weighted by Gasteiger charge is -2.09. The number of rotatable bonds is 0. The van der Waals surface area contributed by atoms with Crippen LogP contribution in [-0.4, -0.2) is 21.5 Å². The van der Waals surface area contributed by atoms with Crippen molar-refractivity contribution in [2.75, 3.05) is 12.5 Å². The smallest absolute Gasteiger partial charge is 0.114 e. The number of aliphatic imine (C=N–C) groups is 1. The maximum absolute atomic E-state index is 8.60. The highest BCUT2D eigenvalue weighted by molar-refractivity contribution is 8.47. The van der Waals surface area contributed by atoms with Gasteiger partial charge in [-0.1, -0.05) is 12.1 Å². The zero-order valence-corrected chi connectivity index (χ0v) is 11.6. The third-order valence-electron chi connectivity index (χ3n) is 1.93. The standard InChI is InChI=1S/C9H11NS2.ClHO4/c1-11-9-10-7-5-3-4-6-8(7)12(9)2;2-1(3,4)5/h3-6,12H,1-2H3;(H,2,3,4,5). The minimum Gasteiger partial charge on any atom is -0.235 e. The van der Waals surface area contributed by atoms with Gasteiger partial charge in [0, 0.05) is 4.90 Å². The number of hydrogen-bond acceptors (Lipinski definition) is 6. The molecular weight excluding hydrogens is 286 g/mol. The molecular formula is C9H12ClNO4S2. The molecule has 5 nitrogen and oxygen atoms in total. The van der Waals surface area contributed by atoms with E-state index in [4.69, 9.17) is 18.6 Å². The summed E-state index contributed by atoms with van der Waals surface area (Å²) in [4.78, 5) is 5.99. The summed E-state index contributed by atoms with van der Waals surface area (Å²) in [6.45, 7) is 0. The molecule has 0 spiro atoms. The fourth-order valence-electron chi connectivity index (χ4n) is 1.31. The summed E-state index contributed by atoms with van der Waals surface area (Å²) in [5, 5.41) is 0. The minimum atomic E-state index is -4.69. The third-order valence-corrected chi connectivity index (χ3v) is 5.53. The third kappa shape index (κ3) is 4.84. The highest BCUT2D eigenvalue weighted by Crippen LogP contribution is 2.49. The molecule has 96 valence electrons. The maximum Gasteiger partial charge on any atom is 0.114 e. The van der Waals surface area contributed by atoms with Crippen LogP contribution in [0.2, 0.25) is 0 Å². The van der Waals surface area contributed by atoms with Crippen molar-refractivity contribution in [2.24, 2.45) is 4.99 Å². The van der Waals surface area contributed by atoms with Gasteiger partial charge in [0.15, 0.2) is 0 Å². The summed E-state index contributed by atoms with van der Waals surface area (Å²) < 4.78 is 34.0. The van der Waals surface area contributed by atoms with Crippen LogP contribution in [0.25, 0.3) is 0 Å².